The number of rotatable bonds is 37. The quantitative estimate of drug-likeness (QED) is 0.0420. The van der Waals surface area contributed by atoms with Crippen molar-refractivity contribution >= 4 is 5.97 Å². The summed E-state index contributed by atoms with van der Waals surface area (Å²) in [6.07, 6.45) is 46.5. The molecule has 0 heterocycles. The summed E-state index contributed by atoms with van der Waals surface area (Å²) in [7, 11) is 0. The highest BCUT2D eigenvalue weighted by Gasteiger charge is 2.13. The summed E-state index contributed by atoms with van der Waals surface area (Å²) in [4.78, 5) is 12.2. The lowest BCUT2D eigenvalue weighted by Crippen LogP contribution is -2.27. The van der Waals surface area contributed by atoms with Crippen molar-refractivity contribution in [1.82, 2.24) is 0 Å². The van der Waals surface area contributed by atoms with Crippen LogP contribution < -0.4 is 0 Å². The van der Waals surface area contributed by atoms with Gasteiger partial charge >= 0.3 is 5.97 Å². The molecule has 0 radical (unpaired) electrons. The normalized spacial score (nSPS) is 12.5. The third-order valence-electron chi connectivity index (χ3n) is 8.76. The summed E-state index contributed by atoms with van der Waals surface area (Å²) in [6, 6.07) is 0. The minimum absolute atomic E-state index is 0.172. The zero-order valence-electron chi connectivity index (χ0n) is 30.4. The van der Waals surface area contributed by atoms with Crippen LogP contribution in [-0.2, 0) is 14.3 Å². The van der Waals surface area contributed by atoms with Gasteiger partial charge < -0.3 is 14.6 Å². The summed E-state index contributed by atoms with van der Waals surface area (Å²) in [5, 5.41) is 9.57. The number of unbranched alkanes of at least 4 members (excludes halogenated alkanes) is 25. The predicted molar refractivity (Wildman–Crippen MR) is 196 cm³/mol. The Kier molecular flexibility index (Phi) is 38.1. The molecule has 45 heavy (non-hydrogen) atoms. The highest BCUT2D eigenvalue weighted by molar-refractivity contribution is 5.69. The van der Waals surface area contributed by atoms with Gasteiger partial charge in [0.1, 0.15) is 6.10 Å². The van der Waals surface area contributed by atoms with Gasteiger partial charge in [0.2, 0.25) is 0 Å². The van der Waals surface area contributed by atoms with Crippen molar-refractivity contribution in [2.75, 3.05) is 19.8 Å². The lowest BCUT2D eigenvalue weighted by Gasteiger charge is -2.15. The Morgan fingerprint density at radius 1 is 0.533 bits per heavy atom. The molecule has 0 aliphatic heterocycles. The molecule has 1 unspecified atom stereocenters. The van der Waals surface area contributed by atoms with Crippen LogP contribution in [0.5, 0.6) is 0 Å². The van der Waals surface area contributed by atoms with E-state index >= 15 is 0 Å². The molecule has 0 aromatic carbocycles. The molecule has 0 aliphatic rings. The molecule has 0 spiro atoms. The molecule has 4 heteroatoms. The van der Waals surface area contributed by atoms with Crippen LogP contribution in [-0.4, -0.2) is 37.0 Å². The summed E-state index contributed by atoms with van der Waals surface area (Å²) < 4.78 is 11.1. The Morgan fingerprint density at radius 3 is 1.47 bits per heavy atom. The van der Waals surface area contributed by atoms with Crippen molar-refractivity contribution in [2.45, 2.75) is 213 Å². The van der Waals surface area contributed by atoms with Gasteiger partial charge in [0.15, 0.2) is 0 Å². The number of carbonyl (C=O) groups is 1. The maximum absolute atomic E-state index is 12.2. The second-order valence-electron chi connectivity index (χ2n) is 13.4. The Labute approximate surface area is 281 Å². The SMILES string of the molecule is CCC/C=C\C/C=C\CCCCCCCCOCC(CO)OC(=O)CCCCCCCCCCCCCCCCCCCCC. The number of ether oxygens (including phenoxy) is 2. The number of aliphatic hydroxyl groups excluding tert-OH is 1. The molecule has 0 saturated heterocycles. The van der Waals surface area contributed by atoms with E-state index in [0.29, 0.717) is 19.6 Å². The smallest absolute Gasteiger partial charge is 0.306 e. The lowest BCUT2D eigenvalue weighted by molar-refractivity contribution is -0.154. The second kappa shape index (κ2) is 39.1. The van der Waals surface area contributed by atoms with Crippen LogP contribution in [0.25, 0.3) is 0 Å². The minimum Gasteiger partial charge on any atom is -0.457 e. The van der Waals surface area contributed by atoms with E-state index in [1.54, 1.807) is 0 Å². The van der Waals surface area contributed by atoms with Crippen LogP contribution in [0.4, 0.5) is 0 Å². The number of esters is 1. The average Bonchev–Trinajstić information content (AvgIpc) is 3.05. The van der Waals surface area contributed by atoms with Crippen molar-refractivity contribution in [2.24, 2.45) is 0 Å². The van der Waals surface area contributed by atoms with Crippen LogP contribution >= 0.6 is 0 Å². The van der Waals surface area contributed by atoms with Gasteiger partial charge in [0.05, 0.1) is 13.2 Å². The molecule has 0 fully saturated rings. The molecule has 0 aliphatic carbocycles. The Hall–Kier alpha value is -1.13. The van der Waals surface area contributed by atoms with Gasteiger partial charge in [-0.2, -0.15) is 0 Å². The van der Waals surface area contributed by atoms with E-state index in [0.717, 1.165) is 25.7 Å². The summed E-state index contributed by atoms with van der Waals surface area (Å²) >= 11 is 0. The molecular weight excluding hydrogens is 556 g/mol. The third kappa shape index (κ3) is 37.2. The van der Waals surface area contributed by atoms with Crippen LogP contribution in [0.3, 0.4) is 0 Å². The van der Waals surface area contributed by atoms with E-state index in [4.69, 9.17) is 9.47 Å². The molecule has 1 atom stereocenters. The highest BCUT2D eigenvalue weighted by Crippen LogP contribution is 2.15. The van der Waals surface area contributed by atoms with E-state index in [1.165, 1.54) is 161 Å². The molecule has 0 bridgehead atoms. The first kappa shape index (κ1) is 43.9. The molecule has 4 nitrogen and oxygen atoms in total. The first-order valence-electron chi connectivity index (χ1n) is 19.9. The van der Waals surface area contributed by atoms with E-state index in [-0.39, 0.29) is 12.6 Å². The Bertz CT molecular complexity index is 629. The van der Waals surface area contributed by atoms with E-state index < -0.39 is 6.10 Å². The third-order valence-corrected chi connectivity index (χ3v) is 8.76. The summed E-state index contributed by atoms with van der Waals surface area (Å²) in [6.45, 7) is 5.29. The lowest BCUT2D eigenvalue weighted by atomic mass is 10.0. The number of carbonyl (C=O) groups excluding carboxylic acids is 1. The molecule has 266 valence electrons. The fraction of sp³-hybridized carbons (Fsp3) is 0.878. The Morgan fingerprint density at radius 2 is 0.978 bits per heavy atom. The van der Waals surface area contributed by atoms with Crippen molar-refractivity contribution in [3.8, 4) is 0 Å². The van der Waals surface area contributed by atoms with Gasteiger partial charge in [0.25, 0.3) is 0 Å². The number of allylic oxidation sites excluding steroid dienone is 4. The van der Waals surface area contributed by atoms with E-state index in [9.17, 15) is 9.90 Å². The molecule has 0 amide bonds. The standard InChI is InChI=1S/C41H78O4/c1-3-5-7-9-11-13-15-17-19-20-21-22-23-24-26-28-30-32-34-36-41(43)45-40(38-42)39-44-37-35-33-31-29-27-25-18-16-14-12-10-8-6-4-2/h8,10,14,16,40,42H,3-7,9,11-13,15,17-39H2,1-2H3/b10-8-,16-14-. The van der Waals surface area contributed by atoms with Gasteiger partial charge in [-0.15, -0.1) is 0 Å². The van der Waals surface area contributed by atoms with Gasteiger partial charge in [-0.05, 0) is 38.5 Å². The van der Waals surface area contributed by atoms with Crippen LogP contribution in [0.2, 0.25) is 0 Å². The predicted octanol–water partition coefficient (Wildman–Crippen LogP) is 12.8. The fourth-order valence-corrected chi connectivity index (χ4v) is 5.78. The zero-order valence-corrected chi connectivity index (χ0v) is 30.4. The zero-order chi connectivity index (χ0) is 32.7. The molecule has 0 aromatic heterocycles. The number of hydrogen-bond donors (Lipinski definition) is 1. The van der Waals surface area contributed by atoms with Crippen LogP contribution in [0, 0.1) is 0 Å². The van der Waals surface area contributed by atoms with Crippen LogP contribution in [0.1, 0.15) is 206 Å². The maximum atomic E-state index is 12.2. The fourth-order valence-electron chi connectivity index (χ4n) is 5.78. The number of aliphatic hydroxyl groups is 1. The van der Waals surface area contributed by atoms with Crippen molar-refractivity contribution < 1.29 is 19.4 Å². The molecular formula is C41H78O4. The number of hydrogen-bond acceptors (Lipinski definition) is 4. The average molecular weight is 635 g/mol. The van der Waals surface area contributed by atoms with Crippen molar-refractivity contribution in [3.05, 3.63) is 24.3 Å². The summed E-state index contributed by atoms with van der Waals surface area (Å²) in [5.74, 6) is -0.201. The van der Waals surface area contributed by atoms with Gasteiger partial charge in [-0.3, -0.25) is 4.79 Å². The highest BCUT2D eigenvalue weighted by atomic mass is 16.6. The van der Waals surface area contributed by atoms with Gasteiger partial charge in [0, 0.05) is 13.0 Å². The van der Waals surface area contributed by atoms with Gasteiger partial charge in [-0.1, -0.05) is 186 Å². The maximum Gasteiger partial charge on any atom is 0.306 e. The molecule has 0 aromatic rings. The van der Waals surface area contributed by atoms with E-state index in [2.05, 4.69) is 38.2 Å². The second-order valence-corrected chi connectivity index (χ2v) is 13.4. The Balaban J connectivity index is 3.40. The minimum atomic E-state index is -0.534. The first-order chi connectivity index (χ1) is 22.2. The molecule has 0 rings (SSSR count). The van der Waals surface area contributed by atoms with E-state index in [1.807, 2.05) is 0 Å². The van der Waals surface area contributed by atoms with Crippen LogP contribution in [0.15, 0.2) is 24.3 Å². The topological polar surface area (TPSA) is 55.8 Å². The summed E-state index contributed by atoms with van der Waals surface area (Å²) in [5.41, 5.74) is 0. The monoisotopic (exact) mass is 635 g/mol. The van der Waals surface area contributed by atoms with Crippen molar-refractivity contribution in [3.63, 3.8) is 0 Å². The largest absolute Gasteiger partial charge is 0.457 e. The molecule has 0 saturated carbocycles. The molecule has 1 N–H and O–H groups in total. The van der Waals surface area contributed by atoms with Gasteiger partial charge in [-0.25, -0.2) is 0 Å². The van der Waals surface area contributed by atoms with Crippen molar-refractivity contribution in [1.29, 1.82) is 0 Å². The first-order valence-corrected chi connectivity index (χ1v) is 19.9.